The van der Waals surface area contributed by atoms with Gasteiger partial charge in [0.15, 0.2) is 0 Å². The number of aryl methyl sites for hydroxylation is 2. The quantitative estimate of drug-likeness (QED) is 0.794. The van der Waals surface area contributed by atoms with Gasteiger partial charge in [-0.05, 0) is 13.8 Å². The van der Waals surface area contributed by atoms with Crippen LogP contribution >= 0.6 is 22.7 Å². The highest BCUT2D eigenvalue weighted by atomic mass is 32.1. The zero-order valence-electron chi connectivity index (χ0n) is 11.4. The molecular weight excluding hydrogens is 308 g/mol. The summed E-state index contributed by atoms with van der Waals surface area (Å²) in [7, 11) is 0. The molecule has 5 nitrogen and oxygen atoms in total. The fourth-order valence-corrected chi connectivity index (χ4v) is 3.78. The molecule has 0 aromatic carbocycles. The van der Waals surface area contributed by atoms with Gasteiger partial charge < -0.3 is 9.84 Å². The highest BCUT2D eigenvalue weighted by molar-refractivity contribution is 7.19. The first kappa shape index (κ1) is 14.0. The predicted octanol–water partition coefficient (Wildman–Crippen LogP) is 3.65. The molecule has 0 atom stereocenters. The standard InChI is InChI=1S/C14H12N2O3S2/c1-7-13(14(17)18)10-3-12(16-5-11(10)20-7)19-6-9-4-15-8(2)21-9/h3-5H,6H2,1-2H3,(H,17,18). The first-order chi connectivity index (χ1) is 10.0. The smallest absolute Gasteiger partial charge is 0.337 e. The molecule has 0 aliphatic rings. The lowest BCUT2D eigenvalue weighted by atomic mass is 10.1. The van der Waals surface area contributed by atoms with E-state index >= 15 is 0 Å². The molecule has 3 heterocycles. The Balaban J connectivity index is 1.89. The maximum Gasteiger partial charge on any atom is 0.337 e. The van der Waals surface area contributed by atoms with Gasteiger partial charge >= 0.3 is 5.97 Å². The first-order valence-corrected chi connectivity index (χ1v) is 7.84. The molecule has 0 aliphatic heterocycles. The molecule has 0 radical (unpaired) electrons. The monoisotopic (exact) mass is 320 g/mol. The fraction of sp³-hybridized carbons (Fsp3) is 0.214. The third-order valence-corrected chi connectivity index (χ3v) is 4.91. The molecule has 1 N–H and O–H groups in total. The Kier molecular flexibility index (Phi) is 3.60. The number of thiazole rings is 1. The minimum absolute atomic E-state index is 0.330. The minimum atomic E-state index is -0.922. The van der Waals surface area contributed by atoms with E-state index in [2.05, 4.69) is 9.97 Å². The Labute approximate surface area is 128 Å². The third-order valence-electron chi connectivity index (χ3n) is 2.97. The van der Waals surface area contributed by atoms with Crippen molar-refractivity contribution in [1.29, 1.82) is 0 Å². The van der Waals surface area contributed by atoms with E-state index in [-0.39, 0.29) is 0 Å². The SMILES string of the molecule is Cc1ncc(COc2cc3c(C(=O)O)c(C)sc3cn2)s1. The van der Waals surface area contributed by atoms with Crippen LogP contribution in [-0.4, -0.2) is 21.0 Å². The normalized spacial score (nSPS) is 11.0. The zero-order valence-corrected chi connectivity index (χ0v) is 13.0. The average molecular weight is 320 g/mol. The number of carbonyl (C=O) groups is 1. The van der Waals surface area contributed by atoms with Crippen molar-refractivity contribution in [2.24, 2.45) is 0 Å². The molecule has 3 aromatic rings. The predicted molar refractivity (Wildman–Crippen MR) is 82.5 cm³/mol. The summed E-state index contributed by atoms with van der Waals surface area (Å²) in [4.78, 5) is 21.5. The van der Waals surface area contributed by atoms with Crippen molar-refractivity contribution in [3.05, 3.63) is 38.8 Å². The van der Waals surface area contributed by atoms with Gasteiger partial charge in [-0.15, -0.1) is 22.7 Å². The highest BCUT2D eigenvalue weighted by Crippen LogP contribution is 2.32. The molecule has 0 spiro atoms. The molecule has 3 rings (SSSR count). The number of hydrogen-bond donors (Lipinski definition) is 1. The molecule has 7 heteroatoms. The van der Waals surface area contributed by atoms with Crippen LogP contribution in [0.4, 0.5) is 0 Å². The number of pyridine rings is 1. The van der Waals surface area contributed by atoms with Crippen LogP contribution in [0, 0.1) is 13.8 Å². The number of ether oxygens (including phenoxy) is 1. The van der Waals surface area contributed by atoms with Crippen molar-refractivity contribution in [3.63, 3.8) is 0 Å². The summed E-state index contributed by atoms with van der Waals surface area (Å²) < 4.78 is 6.48. The second-order valence-electron chi connectivity index (χ2n) is 4.49. The molecular formula is C14H12N2O3S2. The number of aromatic carboxylic acids is 1. The summed E-state index contributed by atoms with van der Waals surface area (Å²) >= 11 is 2.99. The van der Waals surface area contributed by atoms with Crippen LogP contribution in [0.3, 0.4) is 0 Å². The van der Waals surface area contributed by atoms with Crippen molar-refractivity contribution >= 4 is 38.7 Å². The van der Waals surface area contributed by atoms with E-state index in [1.807, 2.05) is 6.92 Å². The van der Waals surface area contributed by atoms with Gasteiger partial charge in [0.25, 0.3) is 0 Å². The molecule has 0 amide bonds. The van der Waals surface area contributed by atoms with Crippen LogP contribution < -0.4 is 4.74 Å². The number of rotatable bonds is 4. The lowest BCUT2D eigenvalue weighted by molar-refractivity contribution is 0.0699. The van der Waals surface area contributed by atoms with Gasteiger partial charge in [0, 0.05) is 28.7 Å². The molecule has 108 valence electrons. The van der Waals surface area contributed by atoms with Gasteiger partial charge in [0.1, 0.15) is 6.61 Å². The van der Waals surface area contributed by atoms with E-state index in [0.29, 0.717) is 23.4 Å². The summed E-state index contributed by atoms with van der Waals surface area (Å²) in [5.41, 5.74) is 0.330. The van der Waals surface area contributed by atoms with Crippen LogP contribution in [0.25, 0.3) is 10.1 Å². The second kappa shape index (κ2) is 5.42. The zero-order chi connectivity index (χ0) is 15.0. The number of fused-ring (bicyclic) bond motifs is 1. The number of hydrogen-bond acceptors (Lipinski definition) is 6. The van der Waals surface area contributed by atoms with Crippen LogP contribution in [-0.2, 0) is 6.61 Å². The lowest BCUT2D eigenvalue weighted by Crippen LogP contribution is -1.98. The molecule has 0 unspecified atom stereocenters. The fourth-order valence-electron chi connectivity index (χ4n) is 2.07. The van der Waals surface area contributed by atoms with Crippen LogP contribution in [0.15, 0.2) is 18.5 Å². The van der Waals surface area contributed by atoms with E-state index < -0.39 is 5.97 Å². The molecule has 21 heavy (non-hydrogen) atoms. The summed E-state index contributed by atoms with van der Waals surface area (Å²) in [5.74, 6) is -0.497. The van der Waals surface area contributed by atoms with E-state index in [0.717, 1.165) is 19.5 Å². The number of nitrogens with zero attached hydrogens (tertiary/aromatic N) is 2. The Morgan fingerprint density at radius 3 is 2.76 bits per heavy atom. The van der Waals surface area contributed by atoms with Crippen molar-refractivity contribution in [1.82, 2.24) is 9.97 Å². The minimum Gasteiger partial charge on any atom is -0.478 e. The van der Waals surface area contributed by atoms with Gasteiger partial charge in [-0.25, -0.2) is 14.8 Å². The van der Waals surface area contributed by atoms with Crippen molar-refractivity contribution < 1.29 is 14.6 Å². The molecule has 0 saturated heterocycles. The Morgan fingerprint density at radius 2 is 2.10 bits per heavy atom. The first-order valence-electron chi connectivity index (χ1n) is 6.21. The van der Waals surface area contributed by atoms with Gasteiger partial charge in [-0.3, -0.25) is 0 Å². The Morgan fingerprint density at radius 1 is 1.29 bits per heavy atom. The Hall–Kier alpha value is -1.99. The van der Waals surface area contributed by atoms with Gasteiger partial charge in [0.05, 0.1) is 20.1 Å². The molecule has 0 bridgehead atoms. The summed E-state index contributed by atoms with van der Waals surface area (Å²) in [6.45, 7) is 4.12. The Bertz CT molecular complexity index is 823. The third kappa shape index (κ3) is 2.74. The maximum absolute atomic E-state index is 11.3. The van der Waals surface area contributed by atoms with E-state index in [1.165, 1.54) is 11.3 Å². The second-order valence-corrected chi connectivity index (χ2v) is 7.07. The maximum atomic E-state index is 11.3. The molecule has 0 saturated carbocycles. The van der Waals surface area contributed by atoms with E-state index in [1.54, 1.807) is 36.7 Å². The summed E-state index contributed by atoms with van der Waals surface area (Å²) in [6.07, 6.45) is 3.43. The van der Waals surface area contributed by atoms with Crippen LogP contribution in [0.5, 0.6) is 5.88 Å². The number of carboxylic acid groups (broad SMARTS) is 1. The molecule has 3 aromatic heterocycles. The lowest BCUT2D eigenvalue weighted by Gasteiger charge is -2.03. The average Bonchev–Trinajstić information content (AvgIpc) is 2.98. The van der Waals surface area contributed by atoms with Crippen molar-refractivity contribution in [3.8, 4) is 5.88 Å². The highest BCUT2D eigenvalue weighted by Gasteiger charge is 2.16. The topological polar surface area (TPSA) is 72.3 Å². The summed E-state index contributed by atoms with van der Waals surface area (Å²) in [6, 6.07) is 1.69. The number of carboxylic acids is 1. The number of aromatic nitrogens is 2. The number of thiophene rings is 1. The molecule has 0 fully saturated rings. The van der Waals surface area contributed by atoms with Crippen LogP contribution in [0.2, 0.25) is 0 Å². The largest absolute Gasteiger partial charge is 0.478 e. The van der Waals surface area contributed by atoms with Crippen molar-refractivity contribution in [2.75, 3.05) is 0 Å². The van der Waals surface area contributed by atoms with Crippen molar-refractivity contribution in [2.45, 2.75) is 20.5 Å². The van der Waals surface area contributed by atoms with Gasteiger partial charge in [-0.1, -0.05) is 0 Å². The van der Waals surface area contributed by atoms with Gasteiger partial charge in [-0.2, -0.15) is 0 Å². The van der Waals surface area contributed by atoms with E-state index in [4.69, 9.17) is 4.74 Å². The summed E-state index contributed by atoms with van der Waals surface area (Å²) in [5, 5.41) is 11.0. The molecule has 0 aliphatic carbocycles. The van der Waals surface area contributed by atoms with E-state index in [9.17, 15) is 9.90 Å². The van der Waals surface area contributed by atoms with Crippen LogP contribution in [0.1, 0.15) is 25.1 Å². The van der Waals surface area contributed by atoms with Gasteiger partial charge in [0.2, 0.25) is 5.88 Å².